The maximum atomic E-state index is 11.8. The highest BCUT2D eigenvalue weighted by Gasteiger charge is 2.18. The fourth-order valence-electron chi connectivity index (χ4n) is 1.79. The minimum Gasteiger partial charge on any atom is -0.343 e. The van der Waals surface area contributed by atoms with Crippen LogP contribution in [-0.4, -0.2) is 43.5 Å². The Morgan fingerprint density at radius 2 is 2.07 bits per heavy atom. The maximum Gasteiger partial charge on any atom is 0.224 e. The lowest BCUT2D eigenvalue weighted by Gasteiger charge is -2.28. The van der Waals surface area contributed by atoms with Crippen LogP contribution >= 0.6 is 0 Å². The Morgan fingerprint density at radius 1 is 1.43 bits per heavy atom. The molecule has 0 radical (unpaired) electrons. The lowest BCUT2D eigenvalue weighted by Crippen LogP contribution is -2.42. The molecule has 1 rings (SSSR count). The number of carbonyl (C=O) groups is 1. The highest BCUT2D eigenvalue weighted by atomic mass is 16.2. The summed E-state index contributed by atoms with van der Waals surface area (Å²) in [4.78, 5) is 13.7. The van der Waals surface area contributed by atoms with Gasteiger partial charge in [0.1, 0.15) is 0 Å². The van der Waals surface area contributed by atoms with Gasteiger partial charge in [0.05, 0.1) is 0 Å². The number of nitrogens with zero attached hydrogens (tertiary/aromatic N) is 1. The number of amides is 1. The SMILES string of the molecule is CNC(CN)CC(=O)N1CCCCC1. The average molecular weight is 199 g/mol. The molecule has 82 valence electrons. The number of hydrogen-bond acceptors (Lipinski definition) is 3. The zero-order valence-corrected chi connectivity index (χ0v) is 8.96. The van der Waals surface area contributed by atoms with E-state index in [9.17, 15) is 4.79 Å². The summed E-state index contributed by atoms with van der Waals surface area (Å²) < 4.78 is 0. The van der Waals surface area contributed by atoms with E-state index in [0.29, 0.717) is 13.0 Å². The molecule has 14 heavy (non-hydrogen) atoms. The van der Waals surface area contributed by atoms with E-state index in [4.69, 9.17) is 5.73 Å². The van der Waals surface area contributed by atoms with Crippen LogP contribution in [0.3, 0.4) is 0 Å². The standard InChI is InChI=1S/C10H21N3O/c1-12-9(8-11)7-10(14)13-5-3-2-4-6-13/h9,12H,2-8,11H2,1H3. The Labute approximate surface area is 85.8 Å². The predicted octanol–water partition coefficient (Wildman–Crippen LogP) is -0.0643. The van der Waals surface area contributed by atoms with E-state index in [1.165, 1.54) is 6.42 Å². The summed E-state index contributed by atoms with van der Waals surface area (Å²) >= 11 is 0. The van der Waals surface area contributed by atoms with Crippen LogP contribution in [0.5, 0.6) is 0 Å². The van der Waals surface area contributed by atoms with Crippen molar-refractivity contribution in [1.82, 2.24) is 10.2 Å². The van der Waals surface area contributed by atoms with Crippen molar-refractivity contribution in [3.63, 3.8) is 0 Å². The van der Waals surface area contributed by atoms with Crippen molar-refractivity contribution < 1.29 is 4.79 Å². The molecule has 3 N–H and O–H groups in total. The third-order valence-corrected chi connectivity index (χ3v) is 2.82. The fourth-order valence-corrected chi connectivity index (χ4v) is 1.79. The van der Waals surface area contributed by atoms with Crippen molar-refractivity contribution >= 4 is 5.91 Å². The van der Waals surface area contributed by atoms with Gasteiger partial charge in [0.15, 0.2) is 0 Å². The third-order valence-electron chi connectivity index (χ3n) is 2.82. The Kier molecular flexibility index (Phi) is 4.90. The first-order chi connectivity index (χ1) is 6.77. The van der Waals surface area contributed by atoms with Crippen LogP contribution in [0.2, 0.25) is 0 Å². The van der Waals surface area contributed by atoms with Gasteiger partial charge in [-0.25, -0.2) is 0 Å². The van der Waals surface area contributed by atoms with Crippen molar-refractivity contribution in [2.45, 2.75) is 31.7 Å². The molecule has 0 saturated carbocycles. The van der Waals surface area contributed by atoms with Gasteiger partial charge in [-0.05, 0) is 26.3 Å². The summed E-state index contributed by atoms with van der Waals surface area (Å²) in [6.45, 7) is 2.38. The second-order valence-corrected chi connectivity index (χ2v) is 3.87. The summed E-state index contributed by atoms with van der Waals surface area (Å²) in [6, 6.07) is 0.129. The van der Waals surface area contributed by atoms with Gasteiger partial charge in [0.25, 0.3) is 0 Å². The molecule has 0 aromatic rings. The van der Waals surface area contributed by atoms with Gasteiger partial charge in [-0.1, -0.05) is 0 Å². The molecule has 1 heterocycles. The van der Waals surface area contributed by atoms with Crippen molar-refractivity contribution in [2.75, 3.05) is 26.7 Å². The van der Waals surface area contributed by atoms with Crippen LogP contribution in [0, 0.1) is 0 Å². The first-order valence-corrected chi connectivity index (χ1v) is 5.43. The summed E-state index contributed by atoms with van der Waals surface area (Å²) in [5.41, 5.74) is 5.53. The van der Waals surface area contributed by atoms with E-state index in [1.807, 2.05) is 11.9 Å². The number of carbonyl (C=O) groups excluding carboxylic acids is 1. The van der Waals surface area contributed by atoms with E-state index in [-0.39, 0.29) is 11.9 Å². The number of hydrogen-bond donors (Lipinski definition) is 2. The van der Waals surface area contributed by atoms with Gasteiger partial charge in [-0.2, -0.15) is 0 Å². The molecule has 0 aliphatic carbocycles. The zero-order valence-electron chi connectivity index (χ0n) is 8.96. The quantitative estimate of drug-likeness (QED) is 0.666. The molecule has 0 aromatic heterocycles. The fraction of sp³-hybridized carbons (Fsp3) is 0.900. The average Bonchev–Trinajstić information content (AvgIpc) is 2.26. The minimum atomic E-state index is 0.129. The molecule has 1 aliphatic rings. The molecule has 4 nitrogen and oxygen atoms in total. The molecule has 1 fully saturated rings. The molecule has 0 aromatic carbocycles. The van der Waals surface area contributed by atoms with Gasteiger partial charge in [-0.3, -0.25) is 4.79 Å². The first kappa shape index (κ1) is 11.5. The molecule has 0 spiro atoms. The first-order valence-electron chi connectivity index (χ1n) is 5.43. The van der Waals surface area contributed by atoms with Crippen LogP contribution in [-0.2, 0) is 4.79 Å². The Morgan fingerprint density at radius 3 is 2.57 bits per heavy atom. The Bertz CT molecular complexity index is 174. The topological polar surface area (TPSA) is 58.4 Å². The van der Waals surface area contributed by atoms with Gasteiger partial charge in [0.2, 0.25) is 5.91 Å². The van der Waals surface area contributed by atoms with E-state index < -0.39 is 0 Å². The minimum absolute atomic E-state index is 0.129. The monoisotopic (exact) mass is 199 g/mol. The van der Waals surface area contributed by atoms with E-state index >= 15 is 0 Å². The van der Waals surface area contributed by atoms with Gasteiger partial charge < -0.3 is 16.0 Å². The van der Waals surface area contributed by atoms with Crippen molar-refractivity contribution in [2.24, 2.45) is 5.73 Å². The number of nitrogens with one attached hydrogen (secondary N) is 1. The van der Waals surface area contributed by atoms with E-state index in [2.05, 4.69) is 5.32 Å². The zero-order chi connectivity index (χ0) is 10.4. The molecule has 0 bridgehead atoms. The lowest BCUT2D eigenvalue weighted by atomic mass is 10.1. The highest BCUT2D eigenvalue weighted by molar-refractivity contribution is 5.76. The van der Waals surface area contributed by atoms with Crippen LogP contribution in [0.15, 0.2) is 0 Å². The second kappa shape index (κ2) is 5.98. The number of likely N-dealkylation sites (tertiary alicyclic amines) is 1. The van der Waals surface area contributed by atoms with Gasteiger partial charge in [0, 0.05) is 32.1 Å². The summed E-state index contributed by atoms with van der Waals surface area (Å²) in [5, 5.41) is 3.05. The van der Waals surface area contributed by atoms with Crippen LogP contribution < -0.4 is 11.1 Å². The number of likely N-dealkylation sites (N-methyl/N-ethyl adjacent to an activating group) is 1. The Balaban J connectivity index is 2.32. The Hall–Kier alpha value is -0.610. The lowest BCUT2D eigenvalue weighted by molar-refractivity contribution is -0.132. The van der Waals surface area contributed by atoms with Gasteiger partial charge >= 0.3 is 0 Å². The smallest absolute Gasteiger partial charge is 0.224 e. The number of nitrogens with two attached hydrogens (primary N) is 1. The normalized spacial score (nSPS) is 19.4. The summed E-state index contributed by atoms with van der Waals surface area (Å²) in [5.74, 6) is 0.245. The molecular formula is C10H21N3O. The molecular weight excluding hydrogens is 178 g/mol. The largest absolute Gasteiger partial charge is 0.343 e. The van der Waals surface area contributed by atoms with Crippen molar-refractivity contribution in [3.8, 4) is 0 Å². The van der Waals surface area contributed by atoms with Crippen LogP contribution in [0.1, 0.15) is 25.7 Å². The highest BCUT2D eigenvalue weighted by Crippen LogP contribution is 2.10. The molecule has 1 atom stereocenters. The second-order valence-electron chi connectivity index (χ2n) is 3.87. The third kappa shape index (κ3) is 3.27. The molecule has 1 unspecified atom stereocenters. The van der Waals surface area contributed by atoms with Crippen molar-refractivity contribution in [3.05, 3.63) is 0 Å². The van der Waals surface area contributed by atoms with Gasteiger partial charge in [-0.15, -0.1) is 0 Å². The van der Waals surface area contributed by atoms with Crippen LogP contribution in [0.25, 0.3) is 0 Å². The van der Waals surface area contributed by atoms with E-state index in [1.54, 1.807) is 0 Å². The maximum absolute atomic E-state index is 11.8. The molecule has 4 heteroatoms. The van der Waals surface area contributed by atoms with Crippen molar-refractivity contribution in [1.29, 1.82) is 0 Å². The predicted molar refractivity (Wildman–Crippen MR) is 57.0 cm³/mol. The van der Waals surface area contributed by atoms with Crippen LogP contribution in [0.4, 0.5) is 0 Å². The summed E-state index contributed by atoms with van der Waals surface area (Å²) in [7, 11) is 1.85. The molecule has 1 amide bonds. The summed E-state index contributed by atoms with van der Waals surface area (Å²) in [6.07, 6.45) is 4.10. The van der Waals surface area contributed by atoms with E-state index in [0.717, 1.165) is 25.9 Å². The number of rotatable bonds is 4. The molecule has 1 aliphatic heterocycles. The number of piperidine rings is 1. The molecule has 1 saturated heterocycles.